The van der Waals surface area contributed by atoms with E-state index < -0.39 is 30.4 Å². The van der Waals surface area contributed by atoms with E-state index in [1.807, 2.05) is 0 Å². The molecule has 1 aliphatic carbocycles. The lowest BCUT2D eigenvalue weighted by atomic mass is 10.2. The molecule has 2 unspecified atom stereocenters. The summed E-state index contributed by atoms with van der Waals surface area (Å²) >= 11 is 0. The number of carbonyl (C=O) groups is 1. The van der Waals surface area contributed by atoms with Crippen molar-refractivity contribution in [1.82, 2.24) is 0 Å². The Kier molecular flexibility index (Phi) is 2.41. The van der Waals surface area contributed by atoms with E-state index in [4.69, 9.17) is 0 Å². The molecule has 0 heterocycles. The molecule has 1 rings (SSSR count). The predicted octanol–water partition coefficient (Wildman–Crippen LogP) is 1.57. The van der Waals surface area contributed by atoms with Gasteiger partial charge in [0.25, 0.3) is 0 Å². The molecule has 69 valence electrons. The number of carbonyl (C=O) groups excluding carboxylic acids is 1. The minimum atomic E-state index is -4.40. The van der Waals surface area contributed by atoms with Gasteiger partial charge in [0.1, 0.15) is 11.7 Å². The lowest BCUT2D eigenvalue weighted by Crippen LogP contribution is -2.13. The summed E-state index contributed by atoms with van der Waals surface area (Å²) in [5.74, 6) is -3.45. The lowest BCUT2D eigenvalue weighted by molar-refractivity contribution is -0.155. The van der Waals surface area contributed by atoms with Crippen molar-refractivity contribution < 1.29 is 23.1 Å². The van der Waals surface area contributed by atoms with E-state index in [0.717, 1.165) is 0 Å². The molecule has 0 aromatic heterocycles. The molecule has 0 N–H and O–H groups in total. The first-order valence-corrected chi connectivity index (χ1v) is 3.67. The van der Waals surface area contributed by atoms with Crippen molar-refractivity contribution in [2.75, 3.05) is 6.61 Å². The molecule has 0 aromatic rings. The summed E-state index contributed by atoms with van der Waals surface area (Å²) in [6.07, 6.45) is -4.15. The highest BCUT2D eigenvalue weighted by atomic mass is 19.4. The van der Waals surface area contributed by atoms with Crippen LogP contribution in [-0.2, 0) is 9.90 Å². The molecule has 2 atom stereocenters. The Morgan fingerprint density at radius 3 is 2.25 bits per heavy atom. The Hall–Kier alpha value is -0.580. The number of rotatable bonds is 3. The SMILES string of the molecule is [O]CCCC1C(=O)C1C(F)(F)F. The number of halogens is 3. The molecule has 12 heavy (non-hydrogen) atoms. The molecule has 0 saturated heterocycles. The highest BCUT2D eigenvalue weighted by Crippen LogP contribution is 2.48. The Morgan fingerprint density at radius 2 is 1.92 bits per heavy atom. The van der Waals surface area contributed by atoms with Gasteiger partial charge < -0.3 is 0 Å². The monoisotopic (exact) mass is 181 g/mol. The third-order valence-corrected chi connectivity index (χ3v) is 1.98. The minimum Gasteiger partial charge on any atom is -0.299 e. The standard InChI is InChI=1S/C7H8F3O2/c8-7(9,10)5-4(6(5)12)2-1-3-11/h4-5H,1-3H2. The predicted molar refractivity (Wildman–Crippen MR) is 32.8 cm³/mol. The van der Waals surface area contributed by atoms with E-state index in [2.05, 4.69) is 0 Å². The fraction of sp³-hybridized carbons (Fsp3) is 0.857. The first kappa shape index (κ1) is 9.51. The second-order valence-corrected chi connectivity index (χ2v) is 2.87. The van der Waals surface area contributed by atoms with Crippen LogP contribution in [0.15, 0.2) is 0 Å². The normalized spacial score (nSPS) is 29.2. The zero-order chi connectivity index (χ0) is 9.35. The summed E-state index contributed by atoms with van der Waals surface area (Å²) in [4.78, 5) is 10.5. The molecule has 1 radical (unpaired) electrons. The van der Waals surface area contributed by atoms with Crippen molar-refractivity contribution in [1.29, 1.82) is 0 Å². The van der Waals surface area contributed by atoms with Gasteiger partial charge in [0.15, 0.2) is 0 Å². The number of ketones is 1. The third kappa shape index (κ3) is 1.77. The van der Waals surface area contributed by atoms with Gasteiger partial charge in [-0.25, -0.2) is 5.11 Å². The maximum atomic E-state index is 11.9. The fourth-order valence-electron chi connectivity index (χ4n) is 1.29. The number of alkyl halides is 3. The van der Waals surface area contributed by atoms with Crippen molar-refractivity contribution in [3.05, 3.63) is 0 Å². The Labute approximate surface area is 67.4 Å². The Bertz CT molecular complexity index is 188. The quantitative estimate of drug-likeness (QED) is 0.651. The average Bonchev–Trinajstić information content (AvgIpc) is 2.56. The molecule has 0 aromatic carbocycles. The maximum absolute atomic E-state index is 11.9. The van der Waals surface area contributed by atoms with Crippen LogP contribution in [0.2, 0.25) is 0 Å². The summed E-state index contributed by atoms with van der Waals surface area (Å²) in [7, 11) is 0. The Balaban J connectivity index is 2.38. The molecule has 0 spiro atoms. The summed E-state index contributed by atoms with van der Waals surface area (Å²) in [6.45, 7) is -0.408. The summed E-state index contributed by atoms with van der Waals surface area (Å²) in [5.41, 5.74) is 0. The first-order valence-electron chi connectivity index (χ1n) is 3.67. The van der Waals surface area contributed by atoms with E-state index in [1.54, 1.807) is 0 Å². The van der Waals surface area contributed by atoms with Crippen LogP contribution in [-0.4, -0.2) is 18.6 Å². The van der Waals surface area contributed by atoms with Gasteiger partial charge in [0.2, 0.25) is 0 Å². The zero-order valence-corrected chi connectivity index (χ0v) is 6.23. The van der Waals surface area contributed by atoms with Gasteiger partial charge in [-0.15, -0.1) is 0 Å². The maximum Gasteiger partial charge on any atom is 0.399 e. The van der Waals surface area contributed by atoms with E-state index in [0.29, 0.717) is 0 Å². The first-order chi connectivity index (χ1) is 5.48. The van der Waals surface area contributed by atoms with Crippen molar-refractivity contribution in [2.24, 2.45) is 11.8 Å². The lowest BCUT2D eigenvalue weighted by Gasteiger charge is -2.01. The van der Waals surface area contributed by atoms with Crippen LogP contribution in [0.25, 0.3) is 0 Å². The average molecular weight is 181 g/mol. The van der Waals surface area contributed by atoms with Gasteiger partial charge in [-0.2, -0.15) is 13.2 Å². The van der Waals surface area contributed by atoms with Gasteiger partial charge in [-0.1, -0.05) is 0 Å². The van der Waals surface area contributed by atoms with Gasteiger partial charge in [-0.05, 0) is 12.8 Å². The molecule has 1 aliphatic rings. The van der Waals surface area contributed by atoms with E-state index in [1.165, 1.54) is 0 Å². The second kappa shape index (κ2) is 3.05. The summed E-state index contributed by atoms with van der Waals surface area (Å²) in [6, 6.07) is 0. The van der Waals surface area contributed by atoms with Gasteiger partial charge >= 0.3 is 6.18 Å². The fourth-order valence-corrected chi connectivity index (χ4v) is 1.29. The van der Waals surface area contributed by atoms with Crippen molar-refractivity contribution in [2.45, 2.75) is 19.0 Å². The zero-order valence-electron chi connectivity index (χ0n) is 6.23. The van der Waals surface area contributed by atoms with E-state index >= 15 is 0 Å². The van der Waals surface area contributed by atoms with E-state index in [-0.39, 0.29) is 12.8 Å². The molecular formula is C7H8F3O2. The highest BCUT2D eigenvalue weighted by Gasteiger charge is 2.63. The molecule has 0 bridgehead atoms. The largest absolute Gasteiger partial charge is 0.399 e. The van der Waals surface area contributed by atoms with Crippen LogP contribution in [0, 0.1) is 11.8 Å². The summed E-state index contributed by atoms with van der Waals surface area (Å²) < 4.78 is 35.6. The second-order valence-electron chi connectivity index (χ2n) is 2.87. The van der Waals surface area contributed by atoms with Gasteiger partial charge in [0, 0.05) is 5.92 Å². The molecule has 0 aliphatic heterocycles. The van der Waals surface area contributed by atoms with Crippen LogP contribution >= 0.6 is 0 Å². The van der Waals surface area contributed by atoms with Gasteiger partial charge in [0.05, 0.1) is 6.61 Å². The summed E-state index contributed by atoms with van der Waals surface area (Å²) in [5, 5.41) is 9.93. The number of hydrogen-bond acceptors (Lipinski definition) is 1. The van der Waals surface area contributed by atoms with Crippen LogP contribution in [0.5, 0.6) is 0 Å². The third-order valence-electron chi connectivity index (χ3n) is 1.98. The molecule has 1 fully saturated rings. The van der Waals surface area contributed by atoms with E-state index in [9.17, 15) is 23.1 Å². The molecule has 1 saturated carbocycles. The van der Waals surface area contributed by atoms with Crippen molar-refractivity contribution >= 4 is 5.78 Å². The van der Waals surface area contributed by atoms with Crippen LogP contribution in [0.1, 0.15) is 12.8 Å². The van der Waals surface area contributed by atoms with Crippen LogP contribution < -0.4 is 0 Å². The smallest absolute Gasteiger partial charge is 0.299 e. The Morgan fingerprint density at radius 1 is 1.33 bits per heavy atom. The van der Waals surface area contributed by atoms with Gasteiger partial charge in [-0.3, -0.25) is 4.79 Å². The molecule has 2 nitrogen and oxygen atoms in total. The van der Waals surface area contributed by atoms with Crippen LogP contribution in [0.4, 0.5) is 13.2 Å². The highest BCUT2D eigenvalue weighted by molar-refractivity contribution is 6.00. The molecular weight excluding hydrogens is 173 g/mol. The minimum absolute atomic E-state index is 0.0898. The van der Waals surface area contributed by atoms with Crippen molar-refractivity contribution in [3.63, 3.8) is 0 Å². The molecule has 0 amide bonds. The van der Waals surface area contributed by atoms with Crippen LogP contribution in [0.3, 0.4) is 0 Å². The number of Topliss-reactive ketones (excluding diaryl/α,β-unsaturated/α-hetero) is 1. The number of hydrogen-bond donors (Lipinski definition) is 0. The topological polar surface area (TPSA) is 37.0 Å². The molecule has 5 heteroatoms. The van der Waals surface area contributed by atoms with Crippen molar-refractivity contribution in [3.8, 4) is 0 Å².